The Kier molecular flexibility index (Phi) is 3.24. The van der Waals surface area contributed by atoms with Crippen LogP contribution < -0.4 is 10.1 Å². The largest absolute Gasteiger partial charge is 0.489 e. The second kappa shape index (κ2) is 5.24. The fourth-order valence-corrected chi connectivity index (χ4v) is 2.97. The molecule has 0 spiro atoms. The van der Waals surface area contributed by atoms with Gasteiger partial charge in [0.05, 0.1) is 11.3 Å². The Morgan fingerprint density at radius 2 is 1.90 bits per heavy atom. The number of rotatable bonds is 5. The molecule has 0 atom stereocenters. The highest BCUT2D eigenvalue weighted by molar-refractivity contribution is 5.99. The maximum Gasteiger partial charge on any atom is 0.257 e. The van der Waals surface area contributed by atoms with Gasteiger partial charge in [-0.05, 0) is 49.7 Å². The van der Waals surface area contributed by atoms with E-state index in [-0.39, 0.29) is 5.91 Å². The second-order valence-corrected chi connectivity index (χ2v) is 6.55. The van der Waals surface area contributed by atoms with Gasteiger partial charge in [-0.3, -0.25) is 4.79 Å². The number of hydrogen-bond acceptors (Lipinski definition) is 3. The Bertz CT molecular complexity index is 536. The summed E-state index contributed by atoms with van der Waals surface area (Å²) in [5.74, 6) is 2.34. The number of ether oxygens (including phenoxy) is 1. The third-order valence-electron chi connectivity index (χ3n) is 4.55. The van der Waals surface area contributed by atoms with E-state index in [0.29, 0.717) is 6.61 Å². The highest BCUT2D eigenvalue weighted by Gasteiger charge is 2.33. The number of amides is 1. The van der Waals surface area contributed by atoms with Gasteiger partial charge in [-0.1, -0.05) is 6.07 Å². The van der Waals surface area contributed by atoms with E-state index in [1.807, 2.05) is 18.2 Å². The molecule has 4 rings (SSSR count). The number of carbonyl (C=O) groups excluding carboxylic acids is 1. The van der Waals surface area contributed by atoms with Crippen LogP contribution in [0.3, 0.4) is 0 Å². The van der Waals surface area contributed by atoms with Crippen LogP contribution in [0.25, 0.3) is 0 Å². The van der Waals surface area contributed by atoms with Crippen LogP contribution in [0.5, 0.6) is 5.75 Å². The van der Waals surface area contributed by atoms with Gasteiger partial charge in [0.15, 0.2) is 5.75 Å². The van der Waals surface area contributed by atoms with E-state index in [0.717, 1.165) is 48.5 Å². The van der Waals surface area contributed by atoms with Crippen LogP contribution in [-0.4, -0.2) is 37.0 Å². The molecule has 2 aliphatic carbocycles. The van der Waals surface area contributed by atoms with Crippen molar-refractivity contribution in [3.05, 3.63) is 23.8 Å². The minimum atomic E-state index is 0.148. The molecular weight excluding hydrogens is 264 g/mol. The number of nitrogens with one attached hydrogen (secondary N) is 1. The standard InChI is InChI=1S/C17H22N2O2/c20-17(19(10-12-4-5-12)11-13-6-7-13)14-2-1-3-15-16(14)21-9-8-18-15/h1-3,12-13,18H,4-11H2. The van der Waals surface area contributed by atoms with Crippen molar-refractivity contribution in [2.45, 2.75) is 25.7 Å². The molecule has 1 aliphatic heterocycles. The highest BCUT2D eigenvalue weighted by atomic mass is 16.5. The van der Waals surface area contributed by atoms with Crippen molar-refractivity contribution in [2.75, 3.05) is 31.6 Å². The molecule has 0 radical (unpaired) electrons. The van der Waals surface area contributed by atoms with Crippen molar-refractivity contribution in [2.24, 2.45) is 11.8 Å². The average molecular weight is 286 g/mol. The maximum absolute atomic E-state index is 13.0. The van der Waals surface area contributed by atoms with Gasteiger partial charge >= 0.3 is 0 Å². The first-order valence-electron chi connectivity index (χ1n) is 8.10. The van der Waals surface area contributed by atoms with Crippen molar-refractivity contribution >= 4 is 11.6 Å². The summed E-state index contributed by atoms with van der Waals surface area (Å²) >= 11 is 0. The fourth-order valence-electron chi connectivity index (χ4n) is 2.97. The summed E-state index contributed by atoms with van der Waals surface area (Å²) in [6.07, 6.45) is 5.11. The van der Waals surface area contributed by atoms with Crippen LogP contribution in [0, 0.1) is 11.8 Å². The summed E-state index contributed by atoms with van der Waals surface area (Å²) in [5.41, 5.74) is 1.67. The third kappa shape index (κ3) is 2.85. The summed E-state index contributed by atoms with van der Waals surface area (Å²) in [6, 6.07) is 5.83. The molecule has 2 saturated carbocycles. The van der Waals surface area contributed by atoms with Crippen molar-refractivity contribution in [3.8, 4) is 5.75 Å². The van der Waals surface area contributed by atoms with E-state index < -0.39 is 0 Å². The number of hydrogen-bond donors (Lipinski definition) is 1. The summed E-state index contributed by atoms with van der Waals surface area (Å²) in [7, 11) is 0. The van der Waals surface area contributed by atoms with Crippen LogP contribution in [0.1, 0.15) is 36.0 Å². The van der Waals surface area contributed by atoms with Crippen molar-refractivity contribution in [1.82, 2.24) is 4.90 Å². The molecule has 1 aromatic rings. The Labute approximate surface area is 125 Å². The molecule has 1 amide bonds. The molecule has 2 fully saturated rings. The van der Waals surface area contributed by atoms with Crippen LogP contribution >= 0.6 is 0 Å². The predicted molar refractivity (Wildman–Crippen MR) is 81.8 cm³/mol. The number of benzene rings is 1. The van der Waals surface area contributed by atoms with Crippen molar-refractivity contribution < 1.29 is 9.53 Å². The second-order valence-electron chi connectivity index (χ2n) is 6.55. The minimum absolute atomic E-state index is 0.148. The predicted octanol–water partition coefficient (Wildman–Crippen LogP) is 2.75. The van der Waals surface area contributed by atoms with E-state index >= 15 is 0 Å². The first kappa shape index (κ1) is 13.0. The van der Waals surface area contributed by atoms with E-state index in [9.17, 15) is 4.79 Å². The SMILES string of the molecule is O=C(c1cccc2c1OCCN2)N(CC1CC1)CC1CC1. The van der Waals surface area contributed by atoms with Crippen LogP contribution in [0.2, 0.25) is 0 Å². The van der Waals surface area contributed by atoms with Crippen molar-refractivity contribution in [3.63, 3.8) is 0 Å². The van der Waals surface area contributed by atoms with E-state index in [4.69, 9.17) is 4.74 Å². The Balaban J connectivity index is 1.58. The van der Waals surface area contributed by atoms with E-state index in [1.54, 1.807) is 0 Å². The number of anilines is 1. The van der Waals surface area contributed by atoms with Crippen LogP contribution in [0.4, 0.5) is 5.69 Å². The number of para-hydroxylation sites is 1. The lowest BCUT2D eigenvalue weighted by atomic mass is 10.1. The zero-order valence-electron chi connectivity index (χ0n) is 12.3. The van der Waals surface area contributed by atoms with E-state index in [1.165, 1.54) is 25.7 Å². The van der Waals surface area contributed by atoms with E-state index in [2.05, 4.69) is 10.2 Å². The number of carbonyl (C=O) groups is 1. The van der Waals surface area contributed by atoms with Gasteiger partial charge in [-0.15, -0.1) is 0 Å². The van der Waals surface area contributed by atoms with Gasteiger partial charge < -0.3 is 15.0 Å². The quantitative estimate of drug-likeness (QED) is 0.905. The molecule has 0 unspecified atom stereocenters. The smallest absolute Gasteiger partial charge is 0.257 e. The first-order valence-corrected chi connectivity index (χ1v) is 8.10. The van der Waals surface area contributed by atoms with Crippen molar-refractivity contribution in [1.29, 1.82) is 0 Å². The molecule has 21 heavy (non-hydrogen) atoms. The zero-order chi connectivity index (χ0) is 14.2. The Morgan fingerprint density at radius 3 is 2.57 bits per heavy atom. The highest BCUT2D eigenvalue weighted by Crippen LogP contribution is 2.36. The number of fused-ring (bicyclic) bond motifs is 1. The van der Waals surface area contributed by atoms with Gasteiger partial charge in [-0.2, -0.15) is 0 Å². The van der Waals surface area contributed by atoms with Crippen LogP contribution in [0.15, 0.2) is 18.2 Å². The van der Waals surface area contributed by atoms with Gasteiger partial charge in [0, 0.05) is 19.6 Å². The topological polar surface area (TPSA) is 41.6 Å². The number of nitrogens with zero attached hydrogens (tertiary/aromatic N) is 1. The van der Waals surface area contributed by atoms with Gasteiger partial charge in [-0.25, -0.2) is 0 Å². The molecule has 0 saturated heterocycles. The first-order chi connectivity index (χ1) is 10.3. The molecule has 1 N–H and O–H groups in total. The molecule has 0 aromatic heterocycles. The minimum Gasteiger partial charge on any atom is -0.489 e. The molecule has 3 aliphatic rings. The zero-order valence-corrected chi connectivity index (χ0v) is 12.3. The summed E-state index contributed by atoms with van der Waals surface area (Å²) in [6.45, 7) is 3.28. The lowest BCUT2D eigenvalue weighted by molar-refractivity contribution is 0.0735. The maximum atomic E-state index is 13.0. The van der Waals surface area contributed by atoms with Gasteiger partial charge in [0.1, 0.15) is 6.61 Å². The lowest BCUT2D eigenvalue weighted by Gasteiger charge is -2.26. The Hall–Kier alpha value is -1.71. The van der Waals surface area contributed by atoms with Crippen LogP contribution in [-0.2, 0) is 0 Å². The average Bonchev–Trinajstić information content (AvgIpc) is 3.41. The molecule has 1 aromatic carbocycles. The van der Waals surface area contributed by atoms with Gasteiger partial charge in [0.2, 0.25) is 0 Å². The van der Waals surface area contributed by atoms with Gasteiger partial charge in [0.25, 0.3) is 5.91 Å². The third-order valence-corrected chi connectivity index (χ3v) is 4.55. The molecule has 0 bridgehead atoms. The molecule has 4 heteroatoms. The molecular formula is C17H22N2O2. The normalized spacial score (nSPS) is 20.2. The summed E-state index contributed by atoms with van der Waals surface area (Å²) < 4.78 is 5.76. The molecule has 1 heterocycles. The molecule has 112 valence electrons. The fraction of sp³-hybridized carbons (Fsp3) is 0.588. The molecule has 4 nitrogen and oxygen atoms in total. The monoisotopic (exact) mass is 286 g/mol. The summed E-state index contributed by atoms with van der Waals surface area (Å²) in [5, 5.41) is 3.31. The lowest BCUT2D eigenvalue weighted by Crippen LogP contribution is -2.35. The summed E-state index contributed by atoms with van der Waals surface area (Å²) in [4.78, 5) is 15.0. The Morgan fingerprint density at radius 1 is 1.19 bits per heavy atom.